The summed E-state index contributed by atoms with van der Waals surface area (Å²) in [4.78, 5) is 32.6. The number of carbonyl (C=O) groups is 2. The molecule has 1 saturated heterocycles. The van der Waals surface area contributed by atoms with Gasteiger partial charge in [0.2, 0.25) is 0 Å². The highest BCUT2D eigenvalue weighted by molar-refractivity contribution is 7.22. The molecule has 4 aromatic rings. The van der Waals surface area contributed by atoms with Crippen LogP contribution in [0.2, 0.25) is 0 Å². The number of phenolic OH excluding ortho intramolecular Hbond substituents is 1. The van der Waals surface area contributed by atoms with Gasteiger partial charge in [0.15, 0.2) is 5.13 Å². The van der Waals surface area contributed by atoms with E-state index in [1.807, 2.05) is 6.92 Å². The quantitative estimate of drug-likeness (QED) is 0.216. The number of rotatable bonds is 6. The van der Waals surface area contributed by atoms with Crippen LogP contribution in [-0.2, 0) is 9.59 Å². The van der Waals surface area contributed by atoms with E-state index in [4.69, 9.17) is 9.47 Å². The smallest absolute Gasteiger partial charge is 0.301 e. The highest BCUT2D eigenvalue weighted by Gasteiger charge is 2.48. The van der Waals surface area contributed by atoms with Crippen molar-refractivity contribution < 1.29 is 29.3 Å². The fourth-order valence-electron chi connectivity index (χ4n) is 4.22. The lowest BCUT2D eigenvalue weighted by Gasteiger charge is -2.23. The summed E-state index contributed by atoms with van der Waals surface area (Å²) in [5.41, 5.74) is 1.32. The van der Waals surface area contributed by atoms with Crippen LogP contribution in [0.15, 0.2) is 72.3 Å². The predicted octanol–water partition coefficient (Wildman–Crippen LogP) is 5.04. The molecule has 2 N–H and O–H groups in total. The summed E-state index contributed by atoms with van der Waals surface area (Å²) < 4.78 is 11.6. The first-order valence-corrected chi connectivity index (χ1v) is 12.0. The van der Waals surface area contributed by atoms with Crippen LogP contribution in [0.3, 0.4) is 0 Å². The number of benzene rings is 3. The third-order valence-corrected chi connectivity index (χ3v) is 6.86. The van der Waals surface area contributed by atoms with E-state index in [-0.39, 0.29) is 22.2 Å². The molecule has 1 amide bonds. The molecule has 3 aromatic carbocycles. The Morgan fingerprint density at radius 3 is 2.61 bits per heavy atom. The van der Waals surface area contributed by atoms with E-state index in [1.54, 1.807) is 61.7 Å². The summed E-state index contributed by atoms with van der Waals surface area (Å²) in [7, 11) is 1.56. The number of aromatic hydroxyl groups is 1. The fraction of sp³-hybridized carbons (Fsp3) is 0.148. The number of fused-ring (bicyclic) bond motifs is 1. The Labute approximate surface area is 210 Å². The molecular weight excluding hydrogens is 480 g/mol. The maximum atomic E-state index is 13.4. The lowest BCUT2D eigenvalue weighted by Crippen LogP contribution is -2.29. The third kappa shape index (κ3) is 4.03. The molecule has 5 rings (SSSR count). The molecule has 0 bridgehead atoms. The molecular formula is C27H22N2O6S. The zero-order valence-electron chi connectivity index (χ0n) is 19.5. The molecule has 2 heterocycles. The topological polar surface area (TPSA) is 109 Å². The maximum Gasteiger partial charge on any atom is 0.301 e. The van der Waals surface area contributed by atoms with E-state index >= 15 is 0 Å². The van der Waals surface area contributed by atoms with Gasteiger partial charge in [0.1, 0.15) is 23.0 Å². The second kappa shape index (κ2) is 9.35. The Bertz CT molecular complexity index is 1530. The number of Topliss-reactive ketones (excluding diaryl/α,β-unsaturated/α-hetero) is 1. The van der Waals surface area contributed by atoms with Gasteiger partial charge in [-0.25, -0.2) is 4.98 Å². The molecule has 1 aliphatic rings. The minimum absolute atomic E-state index is 0.0366. The van der Waals surface area contributed by atoms with E-state index in [1.165, 1.54) is 28.4 Å². The summed E-state index contributed by atoms with van der Waals surface area (Å²) in [6.07, 6.45) is 0. The second-order valence-electron chi connectivity index (χ2n) is 8.06. The van der Waals surface area contributed by atoms with Crippen molar-refractivity contribution in [2.75, 3.05) is 18.6 Å². The van der Waals surface area contributed by atoms with Crippen molar-refractivity contribution in [1.82, 2.24) is 4.98 Å². The number of aliphatic hydroxyl groups is 1. The highest BCUT2D eigenvalue weighted by Crippen LogP contribution is 2.45. The molecule has 0 aliphatic carbocycles. The zero-order chi connectivity index (χ0) is 25.4. The number of phenols is 1. The van der Waals surface area contributed by atoms with Crippen molar-refractivity contribution in [1.29, 1.82) is 0 Å². The molecule has 1 fully saturated rings. The van der Waals surface area contributed by atoms with Crippen molar-refractivity contribution in [3.63, 3.8) is 0 Å². The number of hydrogen-bond donors (Lipinski definition) is 2. The number of amides is 1. The summed E-state index contributed by atoms with van der Waals surface area (Å²) >= 11 is 1.23. The molecule has 0 saturated carbocycles. The highest BCUT2D eigenvalue weighted by atomic mass is 32.1. The summed E-state index contributed by atoms with van der Waals surface area (Å²) in [5.74, 6) is -0.890. The molecule has 1 atom stereocenters. The van der Waals surface area contributed by atoms with Gasteiger partial charge < -0.3 is 19.7 Å². The van der Waals surface area contributed by atoms with Gasteiger partial charge in [-0.15, -0.1) is 0 Å². The van der Waals surface area contributed by atoms with Gasteiger partial charge in [-0.3, -0.25) is 14.5 Å². The Hall–Kier alpha value is -4.37. The van der Waals surface area contributed by atoms with Crippen LogP contribution in [0.25, 0.3) is 16.0 Å². The number of hydrogen-bond acceptors (Lipinski definition) is 8. The van der Waals surface area contributed by atoms with Crippen LogP contribution in [0.1, 0.15) is 24.1 Å². The standard InChI is InChI=1S/C27H22N2O6S/c1-3-35-19-9-5-7-16(13-19)24(31)22-23(15-6-4-8-17(30)12-15)29(26(33)25(22)32)27-28-20-11-10-18(34-2)14-21(20)36-27/h4-14,23,30-31H,3H2,1-2H3. The average Bonchev–Trinajstić information content (AvgIpc) is 3.41. The number of ketones is 1. The average molecular weight is 503 g/mol. The zero-order valence-corrected chi connectivity index (χ0v) is 20.3. The van der Waals surface area contributed by atoms with Crippen molar-refractivity contribution in [2.45, 2.75) is 13.0 Å². The summed E-state index contributed by atoms with van der Waals surface area (Å²) in [6.45, 7) is 2.27. The van der Waals surface area contributed by atoms with E-state index in [0.717, 1.165) is 4.70 Å². The Balaban J connectivity index is 1.70. The van der Waals surface area contributed by atoms with Gasteiger partial charge in [0.05, 0.1) is 35.5 Å². The molecule has 182 valence electrons. The number of carbonyl (C=O) groups excluding carboxylic acids is 2. The minimum atomic E-state index is -1.00. The van der Waals surface area contributed by atoms with Crippen LogP contribution >= 0.6 is 11.3 Å². The van der Waals surface area contributed by atoms with Crippen LogP contribution in [0.5, 0.6) is 17.2 Å². The molecule has 8 nitrogen and oxygen atoms in total. The number of aliphatic hydroxyl groups excluding tert-OH is 1. The van der Waals surface area contributed by atoms with E-state index < -0.39 is 17.7 Å². The first-order chi connectivity index (χ1) is 17.4. The Morgan fingerprint density at radius 2 is 1.86 bits per heavy atom. The number of aromatic nitrogens is 1. The van der Waals surface area contributed by atoms with Crippen molar-refractivity contribution in [2.24, 2.45) is 0 Å². The number of anilines is 1. The minimum Gasteiger partial charge on any atom is -0.508 e. The second-order valence-corrected chi connectivity index (χ2v) is 9.06. The first kappa shape index (κ1) is 23.4. The Morgan fingerprint density at radius 1 is 1.06 bits per heavy atom. The van der Waals surface area contributed by atoms with E-state index in [2.05, 4.69) is 4.98 Å². The number of thiazole rings is 1. The van der Waals surface area contributed by atoms with Crippen LogP contribution in [0, 0.1) is 0 Å². The maximum absolute atomic E-state index is 13.4. The number of ether oxygens (including phenoxy) is 2. The first-order valence-electron chi connectivity index (χ1n) is 11.2. The van der Waals surface area contributed by atoms with Crippen molar-refractivity contribution >= 4 is 44.1 Å². The van der Waals surface area contributed by atoms with E-state index in [0.29, 0.717) is 34.7 Å². The fourth-order valence-corrected chi connectivity index (χ4v) is 5.24. The molecule has 9 heteroatoms. The van der Waals surface area contributed by atoms with Gasteiger partial charge >= 0.3 is 5.91 Å². The van der Waals surface area contributed by atoms with Gasteiger partial charge in [-0.1, -0.05) is 35.6 Å². The molecule has 1 unspecified atom stereocenters. The molecule has 0 spiro atoms. The molecule has 36 heavy (non-hydrogen) atoms. The SMILES string of the molecule is CCOc1cccc(C(O)=C2C(=O)C(=O)N(c3nc4ccc(OC)cc4s3)C2c2cccc(O)c2)c1. The largest absolute Gasteiger partial charge is 0.508 e. The predicted molar refractivity (Wildman–Crippen MR) is 137 cm³/mol. The Kier molecular flexibility index (Phi) is 6.07. The number of methoxy groups -OCH3 is 1. The van der Waals surface area contributed by atoms with Crippen molar-refractivity contribution in [3.05, 3.63) is 83.4 Å². The van der Waals surface area contributed by atoms with Crippen molar-refractivity contribution in [3.8, 4) is 17.2 Å². The summed E-state index contributed by atoms with van der Waals surface area (Å²) in [5, 5.41) is 21.8. The van der Waals surface area contributed by atoms with Gasteiger partial charge in [0, 0.05) is 5.56 Å². The third-order valence-electron chi connectivity index (χ3n) is 5.84. The molecule has 1 aromatic heterocycles. The monoisotopic (exact) mass is 502 g/mol. The lowest BCUT2D eigenvalue weighted by molar-refractivity contribution is -0.132. The summed E-state index contributed by atoms with van der Waals surface area (Å²) in [6, 6.07) is 17.3. The normalized spacial score (nSPS) is 17.1. The lowest BCUT2D eigenvalue weighted by atomic mass is 9.95. The van der Waals surface area contributed by atoms with Gasteiger partial charge in [0.25, 0.3) is 5.78 Å². The van der Waals surface area contributed by atoms with Crippen LogP contribution in [0.4, 0.5) is 5.13 Å². The van der Waals surface area contributed by atoms with Crippen LogP contribution < -0.4 is 14.4 Å². The molecule has 0 radical (unpaired) electrons. The molecule has 1 aliphatic heterocycles. The van der Waals surface area contributed by atoms with Crippen LogP contribution in [-0.4, -0.2) is 40.6 Å². The van der Waals surface area contributed by atoms with E-state index in [9.17, 15) is 19.8 Å². The van der Waals surface area contributed by atoms with Gasteiger partial charge in [-0.05, 0) is 55.0 Å². The number of nitrogens with zero attached hydrogens (tertiary/aromatic N) is 2. The van der Waals surface area contributed by atoms with Gasteiger partial charge in [-0.2, -0.15) is 0 Å².